The molecular weight excluding hydrogens is 522 g/mol. The summed E-state index contributed by atoms with van der Waals surface area (Å²) >= 11 is 3.16. The SMILES string of the molecule is CCn1c2ccccc2c2cc(NC(=O)COC(=O)CNS(=O)(=O)c3ccccc3Br)ccc21. The van der Waals surface area contributed by atoms with Crippen molar-refractivity contribution in [3.63, 3.8) is 0 Å². The van der Waals surface area contributed by atoms with E-state index in [0.29, 0.717) is 10.2 Å². The fourth-order valence-corrected chi connectivity index (χ4v) is 5.73. The number of fused-ring (bicyclic) bond motifs is 3. The van der Waals surface area contributed by atoms with Gasteiger partial charge in [-0.3, -0.25) is 9.59 Å². The quantitative estimate of drug-likeness (QED) is 0.326. The van der Waals surface area contributed by atoms with E-state index in [0.717, 1.165) is 28.4 Å². The van der Waals surface area contributed by atoms with Crippen LogP contribution in [-0.4, -0.2) is 38.0 Å². The number of carbonyl (C=O) groups excluding carboxylic acids is 2. The zero-order valence-corrected chi connectivity index (χ0v) is 20.6. The molecule has 4 aromatic rings. The normalized spacial score (nSPS) is 11.6. The van der Waals surface area contributed by atoms with Crippen molar-refractivity contribution in [2.45, 2.75) is 18.4 Å². The number of ether oxygens (including phenoxy) is 1. The van der Waals surface area contributed by atoms with Gasteiger partial charge in [0.2, 0.25) is 10.0 Å². The first kappa shape index (κ1) is 23.9. The van der Waals surface area contributed by atoms with Crippen LogP contribution in [0.15, 0.2) is 76.1 Å². The Kier molecular flexibility index (Phi) is 7.01. The second kappa shape index (κ2) is 9.96. The van der Waals surface area contributed by atoms with E-state index in [9.17, 15) is 18.0 Å². The minimum Gasteiger partial charge on any atom is -0.455 e. The smallest absolute Gasteiger partial charge is 0.321 e. The maximum absolute atomic E-state index is 12.3. The van der Waals surface area contributed by atoms with Crippen molar-refractivity contribution in [1.82, 2.24) is 9.29 Å². The van der Waals surface area contributed by atoms with E-state index in [1.807, 2.05) is 30.3 Å². The summed E-state index contributed by atoms with van der Waals surface area (Å²) in [6.45, 7) is 1.76. The van der Waals surface area contributed by atoms with Gasteiger partial charge in [-0.15, -0.1) is 0 Å². The third-order valence-corrected chi connectivity index (χ3v) is 7.68. The number of nitrogens with zero attached hydrogens (tertiary/aromatic N) is 1. The van der Waals surface area contributed by atoms with Crippen molar-refractivity contribution >= 4 is 65.3 Å². The molecular formula is C24H22BrN3O5S. The summed E-state index contributed by atoms with van der Waals surface area (Å²) in [4.78, 5) is 24.3. The number of aromatic nitrogens is 1. The van der Waals surface area contributed by atoms with Gasteiger partial charge in [0.15, 0.2) is 6.61 Å². The number of anilines is 1. The lowest BCUT2D eigenvalue weighted by Crippen LogP contribution is -2.32. The van der Waals surface area contributed by atoms with Crippen molar-refractivity contribution in [3.05, 3.63) is 71.2 Å². The van der Waals surface area contributed by atoms with Gasteiger partial charge >= 0.3 is 5.97 Å². The Labute approximate surface area is 205 Å². The first-order chi connectivity index (χ1) is 16.3. The Morgan fingerprint density at radius 2 is 1.68 bits per heavy atom. The van der Waals surface area contributed by atoms with E-state index >= 15 is 0 Å². The van der Waals surface area contributed by atoms with E-state index in [4.69, 9.17) is 4.74 Å². The third-order valence-electron chi connectivity index (χ3n) is 5.27. The van der Waals surface area contributed by atoms with Crippen molar-refractivity contribution in [2.75, 3.05) is 18.5 Å². The van der Waals surface area contributed by atoms with Crippen molar-refractivity contribution in [2.24, 2.45) is 0 Å². The molecule has 0 saturated carbocycles. The number of hydrogen-bond donors (Lipinski definition) is 2. The molecule has 2 N–H and O–H groups in total. The van der Waals surface area contributed by atoms with Crippen LogP contribution in [0.25, 0.3) is 21.8 Å². The minimum absolute atomic E-state index is 0.000338. The average molecular weight is 544 g/mol. The highest BCUT2D eigenvalue weighted by Crippen LogP contribution is 2.31. The number of hydrogen-bond acceptors (Lipinski definition) is 5. The van der Waals surface area contributed by atoms with Gasteiger partial charge in [-0.25, -0.2) is 8.42 Å². The van der Waals surface area contributed by atoms with Gasteiger partial charge in [0, 0.05) is 38.5 Å². The lowest BCUT2D eigenvalue weighted by Gasteiger charge is -2.09. The second-order valence-electron chi connectivity index (χ2n) is 7.46. The van der Waals surface area contributed by atoms with Crippen molar-refractivity contribution in [1.29, 1.82) is 0 Å². The Morgan fingerprint density at radius 1 is 0.971 bits per heavy atom. The van der Waals surface area contributed by atoms with Crippen LogP contribution in [0, 0.1) is 0 Å². The predicted octanol–water partition coefficient (Wildman–Crippen LogP) is 4.04. The summed E-state index contributed by atoms with van der Waals surface area (Å²) in [7, 11) is -3.91. The molecule has 0 aliphatic carbocycles. The molecule has 3 aromatic carbocycles. The number of benzene rings is 3. The fourth-order valence-electron chi connectivity index (χ4n) is 3.76. The lowest BCUT2D eigenvalue weighted by atomic mass is 10.1. The Bertz CT molecular complexity index is 1500. The number of amides is 1. The zero-order valence-electron chi connectivity index (χ0n) is 18.2. The maximum atomic E-state index is 12.3. The van der Waals surface area contributed by atoms with Gasteiger partial charge in [0.05, 0.1) is 4.90 Å². The number of para-hydroxylation sites is 1. The third kappa shape index (κ3) is 4.98. The number of aryl methyl sites for hydroxylation is 1. The lowest BCUT2D eigenvalue weighted by molar-refractivity contribution is -0.146. The highest BCUT2D eigenvalue weighted by atomic mass is 79.9. The largest absolute Gasteiger partial charge is 0.455 e. The summed E-state index contributed by atoms with van der Waals surface area (Å²) < 4.78 is 34.3. The molecule has 0 saturated heterocycles. The van der Waals surface area contributed by atoms with Crippen LogP contribution in [0.3, 0.4) is 0 Å². The summed E-state index contributed by atoms with van der Waals surface area (Å²) in [5, 5.41) is 4.81. The molecule has 176 valence electrons. The molecule has 0 unspecified atom stereocenters. The first-order valence-electron chi connectivity index (χ1n) is 10.5. The second-order valence-corrected chi connectivity index (χ2v) is 10.0. The van der Waals surface area contributed by atoms with Gasteiger partial charge in [-0.2, -0.15) is 4.72 Å². The standard InChI is InChI=1S/C24H22BrN3O5S/c1-2-28-20-9-5-3-7-17(20)18-13-16(11-12-21(18)28)27-23(29)15-33-24(30)14-26-34(31,32)22-10-6-4-8-19(22)25/h3-13,26H,2,14-15H2,1H3,(H,27,29). The van der Waals surface area contributed by atoms with Crippen LogP contribution < -0.4 is 10.0 Å². The Balaban J connectivity index is 1.36. The number of carbonyl (C=O) groups is 2. The topological polar surface area (TPSA) is 106 Å². The van der Waals surface area contributed by atoms with E-state index in [1.54, 1.807) is 24.3 Å². The Hall–Kier alpha value is -3.21. The molecule has 1 aromatic heterocycles. The molecule has 0 aliphatic heterocycles. The Morgan fingerprint density at radius 3 is 2.44 bits per heavy atom. The van der Waals surface area contributed by atoms with Crippen LogP contribution in [-0.2, 0) is 30.9 Å². The van der Waals surface area contributed by atoms with E-state index < -0.39 is 35.1 Å². The molecule has 34 heavy (non-hydrogen) atoms. The molecule has 4 rings (SSSR count). The van der Waals surface area contributed by atoms with Crippen LogP contribution >= 0.6 is 15.9 Å². The van der Waals surface area contributed by atoms with E-state index in [2.05, 4.69) is 43.5 Å². The molecule has 0 aliphatic rings. The maximum Gasteiger partial charge on any atom is 0.321 e. The molecule has 1 heterocycles. The van der Waals surface area contributed by atoms with Gasteiger partial charge < -0.3 is 14.6 Å². The highest BCUT2D eigenvalue weighted by molar-refractivity contribution is 9.10. The molecule has 0 bridgehead atoms. The molecule has 8 nitrogen and oxygen atoms in total. The van der Waals surface area contributed by atoms with Gasteiger partial charge in [0.25, 0.3) is 5.91 Å². The number of esters is 1. The molecule has 1 amide bonds. The van der Waals surface area contributed by atoms with Crippen LogP contribution in [0.5, 0.6) is 0 Å². The van der Waals surface area contributed by atoms with Crippen LogP contribution in [0.4, 0.5) is 5.69 Å². The van der Waals surface area contributed by atoms with Gasteiger partial charge in [0.1, 0.15) is 6.54 Å². The van der Waals surface area contributed by atoms with Crippen molar-refractivity contribution < 1.29 is 22.7 Å². The average Bonchev–Trinajstić information content (AvgIpc) is 3.14. The van der Waals surface area contributed by atoms with Gasteiger partial charge in [-0.05, 0) is 59.3 Å². The summed E-state index contributed by atoms with van der Waals surface area (Å²) in [6, 6.07) is 19.9. The summed E-state index contributed by atoms with van der Waals surface area (Å²) in [6.07, 6.45) is 0. The van der Waals surface area contributed by atoms with Crippen LogP contribution in [0.2, 0.25) is 0 Å². The predicted molar refractivity (Wildman–Crippen MR) is 134 cm³/mol. The summed E-state index contributed by atoms with van der Waals surface area (Å²) in [5.74, 6) is -1.40. The number of nitrogens with one attached hydrogen (secondary N) is 2. The van der Waals surface area contributed by atoms with Crippen LogP contribution in [0.1, 0.15) is 6.92 Å². The number of halogens is 1. The van der Waals surface area contributed by atoms with E-state index in [-0.39, 0.29) is 4.90 Å². The summed E-state index contributed by atoms with van der Waals surface area (Å²) in [5.41, 5.74) is 2.75. The monoisotopic (exact) mass is 543 g/mol. The molecule has 0 atom stereocenters. The fraction of sp³-hybridized carbons (Fsp3) is 0.167. The molecule has 0 spiro atoms. The van der Waals surface area contributed by atoms with Crippen molar-refractivity contribution in [3.8, 4) is 0 Å². The zero-order chi connectivity index (χ0) is 24.3. The molecule has 10 heteroatoms. The molecule has 0 radical (unpaired) electrons. The number of rotatable bonds is 8. The van der Waals surface area contributed by atoms with Gasteiger partial charge in [-0.1, -0.05) is 30.3 Å². The first-order valence-corrected chi connectivity index (χ1v) is 12.8. The minimum atomic E-state index is -3.91. The highest BCUT2D eigenvalue weighted by Gasteiger charge is 2.19. The van der Waals surface area contributed by atoms with E-state index in [1.165, 1.54) is 6.07 Å². The molecule has 0 fully saturated rings. The number of sulfonamides is 1.